The Hall–Kier alpha value is -2.49. The van der Waals surface area contributed by atoms with Crippen LogP contribution in [-0.4, -0.2) is 83.7 Å². The molecule has 2 aliphatic heterocycles. The molecule has 3 atom stereocenters. The number of amides is 2. The summed E-state index contributed by atoms with van der Waals surface area (Å²) in [7, 11) is 0. The van der Waals surface area contributed by atoms with Gasteiger partial charge in [0.2, 0.25) is 5.91 Å². The van der Waals surface area contributed by atoms with Crippen molar-refractivity contribution in [2.45, 2.75) is 40.3 Å². The van der Waals surface area contributed by atoms with Gasteiger partial charge in [0.15, 0.2) is 25.0 Å². The predicted octanol–water partition coefficient (Wildman–Crippen LogP) is 2.13. The van der Waals surface area contributed by atoms with E-state index in [4.69, 9.17) is 28.3 Å². The molecule has 0 aliphatic carbocycles. The maximum Gasteiger partial charge on any atom is 0.352 e. The molecule has 4 heterocycles. The number of aryl methyl sites for hydroxylation is 1. The zero-order chi connectivity index (χ0) is 29.0. The molecule has 40 heavy (non-hydrogen) atoms. The van der Waals surface area contributed by atoms with Gasteiger partial charge in [-0.25, -0.2) is 19.1 Å². The first-order valence-electron chi connectivity index (χ1n) is 11.7. The van der Waals surface area contributed by atoms with Crippen LogP contribution >= 0.6 is 58.5 Å². The molecule has 2 aromatic heterocycles. The molecule has 1 saturated heterocycles. The first-order valence-corrected chi connectivity index (χ1v) is 15.5. The standard InChI is InChI=1S/C24H22Cl2N4O7S3/c25-16-7-14(8-17(26)27-16)39-11-18(32)28-19-21(33)30-20(24(36)37)12(10-40-22(19)30)9-38-13-1-4-29(5-2-13)6-3-15(31)23(34)35/h1-2,4-5,7-8,15,19,22,31H,3,6,9-11H2,(H2-,28,32,34,35,36,37)/p+1/t15-,19-,22+/m0/s1. The normalized spacial score (nSPS) is 19.1. The Bertz CT molecular complexity index is 1340. The lowest BCUT2D eigenvalue weighted by atomic mass is 10.0. The van der Waals surface area contributed by atoms with Crippen LogP contribution in [0.25, 0.3) is 0 Å². The van der Waals surface area contributed by atoms with E-state index in [0.29, 0.717) is 28.5 Å². The van der Waals surface area contributed by atoms with Crippen LogP contribution in [0.1, 0.15) is 6.42 Å². The van der Waals surface area contributed by atoms with E-state index >= 15 is 0 Å². The van der Waals surface area contributed by atoms with Gasteiger partial charge in [-0.05, 0) is 17.7 Å². The number of carboxylic acids is 2. The topological polar surface area (TPSA) is 161 Å². The van der Waals surface area contributed by atoms with E-state index in [9.17, 15) is 29.4 Å². The smallest absolute Gasteiger partial charge is 0.352 e. The zero-order valence-electron chi connectivity index (χ0n) is 20.5. The molecule has 4 rings (SSSR count). The van der Waals surface area contributed by atoms with Crippen molar-refractivity contribution in [3.05, 3.63) is 58.2 Å². The summed E-state index contributed by atoms with van der Waals surface area (Å²) in [6, 6.07) is 5.94. The van der Waals surface area contributed by atoms with Gasteiger partial charge in [-0.15, -0.1) is 35.3 Å². The van der Waals surface area contributed by atoms with Crippen molar-refractivity contribution in [2.75, 3.05) is 17.3 Å². The number of thioether (sulfide) groups is 3. The summed E-state index contributed by atoms with van der Waals surface area (Å²) in [5.74, 6) is -2.59. The number of halogens is 2. The maximum absolute atomic E-state index is 12.9. The fraction of sp³-hybridized carbons (Fsp3) is 0.333. The van der Waals surface area contributed by atoms with Gasteiger partial charge in [0.1, 0.15) is 27.4 Å². The van der Waals surface area contributed by atoms with Gasteiger partial charge in [-0.2, -0.15) is 0 Å². The average molecular weight is 647 g/mol. The number of hydrogen-bond donors (Lipinski definition) is 4. The quantitative estimate of drug-likeness (QED) is 0.116. The highest BCUT2D eigenvalue weighted by atomic mass is 35.5. The van der Waals surface area contributed by atoms with Crippen molar-refractivity contribution < 1.29 is 39.1 Å². The number of fused-ring (bicyclic) bond motifs is 1. The number of aromatic nitrogens is 2. The Kier molecular flexibility index (Phi) is 10.2. The number of rotatable bonds is 12. The highest BCUT2D eigenvalue weighted by molar-refractivity contribution is 8.01. The van der Waals surface area contributed by atoms with Gasteiger partial charge in [0.05, 0.1) is 5.75 Å². The highest BCUT2D eigenvalue weighted by Gasteiger charge is 2.54. The predicted molar refractivity (Wildman–Crippen MR) is 150 cm³/mol. The Morgan fingerprint density at radius 2 is 1.82 bits per heavy atom. The van der Waals surface area contributed by atoms with Gasteiger partial charge in [-0.1, -0.05) is 23.2 Å². The number of carbonyl (C=O) groups excluding carboxylic acids is 2. The molecule has 0 saturated carbocycles. The first-order chi connectivity index (χ1) is 19.0. The summed E-state index contributed by atoms with van der Waals surface area (Å²) in [4.78, 5) is 54.9. The van der Waals surface area contributed by atoms with Gasteiger partial charge in [-0.3, -0.25) is 14.5 Å². The molecule has 0 aromatic carbocycles. The van der Waals surface area contributed by atoms with E-state index < -0.39 is 35.4 Å². The van der Waals surface area contributed by atoms with Gasteiger partial charge in [0.25, 0.3) is 5.91 Å². The third-order valence-electron chi connectivity index (χ3n) is 5.89. The molecule has 2 aliphatic rings. The van der Waals surface area contributed by atoms with Crippen molar-refractivity contribution in [1.82, 2.24) is 15.2 Å². The number of β-lactam (4-membered cyclic amide) rings is 1. The van der Waals surface area contributed by atoms with Crippen molar-refractivity contribution in [3.63, 3.8) is 0 Å². The molecule has 0 radical (unpaired) electrons. The molecule has 0 unspecified atom stereocenters. The Labute approximate surface area is 251 Å². The maximum atomic E-state index is 12.9. The third kappa shape index (κ3) is 7.42. The lowest BCUT2D eigenvalue weighted by molar-refractivity contribution is -0.698. The largest absolute Gasteiger partial charge is 0.479 e. The molecule has 0 spiro atoms. The van der Waals surface area contributed by atoms with Gasteiger partial charge >= 0.3 is 11.9 Å². The second-order valence-corrected chi connectivity index (χ2v) is 12.6. The van der Waals surface area contributed by atoms with Crippen LogP contribution in [-0.2, 0) is 25.7 Å². The first kappa shape index (κ1) is 30.5. The Morgan fingerprint density at radius 3 is 2.45 bits per heavy atom. The third-order valence-corrected chi connectivity index (χ3v) is 9.69. The lowest BCUT2D eigenvalue weighted by Gasteiger charge is -2.49. The number of aliphatic carboxylic acids is 2. The number of aliphatic hydroxyl groups excluding tert-OH is 1. The summed E-state index contributed by atoms with van der Waals surface area (Å²) in [5, 5.41) is 30.7. The van der Waals surface area contributed by atoms with Crippen molar-refractivity contribution in [1.29, 1.82) is 0 Å². The molecule has 0 bridgehead atoms. The molecule has 1 fully saturated rings. The second-order valence-electron chi connectivity index (χ2n) is 8.65. The minimum atomic E-state index is -1.43. The van der Waals surface area contributed by atoms with Crippen LogP contribution in [0.2, 0.25) is 10.3 Å². The number of carbonyl (C=O) groups is 4. The Morgan fingerprint density at radius 1 is 1.15 bits per heavy atom. The van der Waals surface area contributed by atoms with Crippen molar-refractivity contribution in [2.24, 2.45) is 0 Å². The van der Waals surface area contributed by atoms with E-state index in [1.54, 1.807) is 29.1 Å². The lowest BCUT2D eigenvalue weighted by Crippen LogP contribution is -2.70. The highest BCUT2D eigenvalue weighted by Crippen LogP contribution is 2.41. The minimum absolute atomic E-state index is 0.0125. The number of nitrogens with zero attached hydrogens (tertiary/aromatic N) is 3. The summed E-state index contributed by atoms with van der Waals surface area (Å²) >= 11 is 15.7. The van der Waals surface area contributed by atoms with Crippen LogP contribution in [0.3, 0.4) is 0 Å². The monoisotopic (exact) mass is 645 g/mol. The number of nitrogens with one attached hydrogen (secondary N) is 1. The minimum Gasteiger partial charge on any atom is -0.479 e. The second kappa shape index (κ2) is 13.4. The molecule has 16 heteroatoms. The van der Waals surface area contributed by atoms with Crippen LogP contribution in [0.15, 0.2) is 57.7 Å². The SMILES string of the molecule is O=C(CSc1cc(Cl)nc(Cl)c1)N[C@H]1C(=O)N2C(C(=O)O)=C(CSc3cc[n+](CC[C@H](O)C(=O)O)cc3)CS[C@H]12. The van der Waals surface area contributed by atoms with Crippen LogP contribution in [0.4, 0.5) is 0 Å². The van der Waals surface area contributed by atoms with Gasteiger partial charge < -0.3 is 20.6 Å². The van der Waals surface area contributed by atoms with E-state index in [1.165, 1.54) is 40.2 Å². The average Bonchev–Trinajstić information content (AvgIpc) is 2.91. The number of pyridine rings is 2. The van der Waals surface area contributed by atoms with E-state index in [1.807, 2.05) is 12.1 Å². The summed E-state index contributed by atoms with van der Waals surface area (Å²) in [5.41, 5.74) is 0.538. The van der Waals surface area contributed by atoms with Crippen LogP contribution in [0, 0.1) is 0 Å². The molecule has 212 valence electrons. The fourth-order valence-electron chi connectivity index (χ4n) is 3.94. The van der Waals surface area contributed by atoms with Gasteiger partial charge in [0, 0.05) is 39.9 Å². The van der Waals surface area contributed by atoms with Crippen molar-refractivity contribution in [3.8, 4) is 0 Å². The van der Waals surface area contributed by atoms with Crippen molar-refractivity contribution >= 4 is 82.2 Å². The number of carboxylic acid groups (broad SMARTS) is 2. The van der Waals surface area contributed by atoms with Crippen LogP contribution in [0.5, 0.6) is 0 Å². The summed E-state index contributed by atoms with van der Waals surface area (Å²) < 4.78 is 1.74. The molecule has 4 N–H and O–H groups in total. The fourth-order valence-corrected chi connectivity index (χ4v) is 7.67. The van der Waals surface area contributed by atoms with Crippen LogP contribution < -0.4 is 9.88 Å². The number of aliphatic hydroxyl groups is 1. The summed E-state index contributed by atoms with van der Waals surface area (Å²) in [6.45, 7) is 0.324. The number of hydrogen-bond acceptors (Lipinski definition) is 9. The summed E-state index contributed by atoms with van der Waals surface area (Å²) in [6.07, 6.45) is 2.13. The van der Waals surface area contributed by atoms with E-state index in [0.717, 1.165) is 4.90 Å². The molecular formula is C24H23Cl2N4O7S3+. The Balaban J connectivity index is 1.33. The van der Waals surface area contributed by atoms with E-state index in [2.05, 4.69) is 10.3 Å². The molecule has 2 aromatic rings. The molecule has 2 amide bonds. The molecule has 11 nitrogen and oxygen atoms in total. The molecular weight excluding hydrogens is 623 g/mol. The van der Waals surface area contributed by atoms with E-state index in [-0.39, 0.29) is 34.1 Å². The zero-order valence-corrected chi connectivity index (χ0v) is 24.5.